The molecule has 0 bridgehead atoms. The summed E-state index contributed by atoms with van der Waals surface area (Å²) >= 11 is 0. The first-order valence-corrected chi connectivity index (χ1v) is 12.3. The first kappa shape index (κ1) is 20.8. The summed E-state index contributed by atoms with van der Waals surface area (Å²) in [7, 11) is 0. The van der Waals surface area contributed by atoms with E-state index in [0.717, 1.165) is 38.8 Å². The highest BCUT2D eigenvalue weighted by molar-refractivity contribution is 5.67. The molecule has 4 nitrogen and oxygen atoms in total. The summed E-state index contributed by atoms with van der Waals surface area (Å²) in [6.45, 7) is 7.20. The van der Waals surface area contributed by atoms with Crippen LogP contribution in [0.1, 0.15) is 71.6 Å². The van der Waals surface area contributed by atoms with Crippen LogP contribution in [-0.2, 0) is 4.79 Å². The van der Waals surface area contributed by atoms with Crippen molar-refractivity contribution < 1.29 is 15.0 Å². The predicted octanol–water partition coefficient (Wildman–Crippen LogP) is 4.55. The summed E-state index contributed by atoms with van der Waals surface area (Å²) < 4.78 is 0. The lowest BCUT2D eigenvalue weighted by molar-refractivity contribution is -0.138. The number of piperidine rings is 1. The number of rotatable bonds is 3. The number of nitrogens with one attached hydrogen (secondary N) is 1. The van der Waals surface area contributed by atoms with E-state index in [1.165, 1.54) is 31.3 Å². The number of carboxylic acids is 1. The highest BCUT2D eigenvalue weighted by Crippen LogP contribution is 2.66. The minimum absolute atomic E-state index is 0.148. The van der Waals surface area contributed by atoms with Crippen LogP contribution in [0.3, 0.4) is 0 Å². The van der Waals surface area contributed by atoms with E-state index in [2.05, 4.69) is 31.3 Å². The third-order valence-electron chi connectivity index (χ3n) is 10.1. The van der Waals surface area contributed by atoms with Crippen LogP contribution in [0.4, 0.5) is 0 Å². The SMILES string of the molecule is C[C@]12CC[C@H](CC(=O)O)CC1=C[C@H](O)[C@@H]1[C@@H]2CC[C@]2(C)C(C3CCCNC3)=CC[C@@H]12. The third-order valence-corrected chi connectivity index (χ3v) is 10.1. The molecule has 1 aliphatic heterocycles. The van der Waals surface area contributed by atoms with Gasteiger partial charge in [0.05, 0.1) is 6.10 Å². The number of hydrogen-bond acceptors (Lipinski definition) is 3. The van der Waals surface area contributed by atoms with Gasteiger partial charge in [-0.2, -0.15) is 0 Å². The van der Waals surface area contributed by atoms with Gasteiger partial charge in [0, 0.05) is 13.0 Å². The standard InChI is InChI=1S/C26H39NO3/c1-25-9-7-16(13-23(29)30)12-18(25)14-22(28)24-20-6-5-19(17-4-3-11-27-15-17)26(20,2)10-8-21(24)25/h5,14,16-17,20-22,24,27-28H,3-4,6-13,15H2,1-2H3,(H,29,30)/t16-,17?,20-,21-,22-,24-,25-,26+/m0/s1. The number of aliphatic hydroxyl groups excluding tert-OH is 1. The van der Waals surface area contributed by atoms with Gasteiger partial charge >= 0.3 is 5.97 Å². The summed E-state index contributed by atoms with van der Waals surface area (Å²) in [5.41, 5.74) is 3.44. The zero-order chi connectivity index (χ0) is 21.1. The molecular weight excluding hydrogens is 374 g/mol. The number of hydrogen-bond donors (Lipinski definition) is 3. The first-order valence-electron chi connectivity index (χ1n) is 12.3. The van der Waals surface area contributed by atoms with Crippen molar-refractivity contribution in [2.75, 3.05) is 13.1 Å². The van der Waals surface area contributed by atoms with E-state index >= 15 is 0 Å². The van der Waals surface area contributed by atoms with E-state index in [-0.39, 0.29) is 29.3 Å². The van der Waals surface area contributed by atoms with Crippen molar-refractivity contribution in [3.8, 4) is 0 Å². The van der Waals surface area contributed by atoms with Crippen LogP contribution in [0.25, 0.3) is 0 Å². The lowest BCUT2D eigenvalue weighted by Crippen LogP contribution is -2.54. The maximum absolute atomic E-state index is 11.4. The summed E-state index contributed by atoms with van der Waals surface area (Å²) in [6.07, 6.45) is 13.7. The average Bonchev–Trinajstić information content (AvgIpc) is 3.06. The van der Waals surface area contributed by atoms with Gasteiger partial charge < -0.3 is 15.5 Å². The number of aliphatic hydroxyl groups is 1. The lowest BCUT2D eigenvalue weighted by Gasteiger charge is -2.59. The zero-order valence-electron chi connectivity index (χ0n) is 18.7. The molecule has 1 heterocycles. The Morgan fingerprint density at radius 2 is 1.97 bits per heavy atom. The van der Waals surface area contributed by atoms with E-state index in [4.69, 9.17) is 0 Å². The Labute approximate surface area is 181 Å². The van der Waals surface area contributed by atoms with Gasteiger partial charge in [0.2, 0.25) is 0 Å². The van der Waals surface area contributed by atoms with Crippen molar-refractivity contribution in [1.82, 2.24) is 5.32 Å². The Morgan fingerprint density at radius 3 is 2.70 bits per heavy atom. The second-order valence-corrected chi connectivity index (χ2v) is 11.5. The lowest BCUT2D eigenvalue weighted by atomic mass is 9.46. The zero-order valence-corrected chi connectivity index (χ0v) is 18.7. The van der Waals surface area contributed by atoms with Crippen LogP contribution in [0.2, 0.25) is 0 Å². The fourth-order valence-electron chi connectivity index (χ4n) is 8.50. The molecule has 5 aliphatic rings. The Morgan fingerprint density at radius 1 is 1.17 bits per heavy atom. The molecule has 3 N–H and O–H groups in total. The molecule has 0 amide bonds. The van der Waals surface area contributed by atoms with Crippen molar-refractivity contribution in [2.24, 2.45) is 40.4 Å². The molecule has 0 spiro atoms. The highest BCUT2D eigenvalue weighted by Gasteiger charge is 2.59. The quantitative estimate of drug-likeness (QED) is 0.594. The highest BCUT2D eigenvalue weighted by atomic mass is 16.4. The largest absolute Gasteiger partial charge is 0.481 e. The predicted molar refractivity (Wildman–Crippen MR) is 118 cm³/mol. The topological polar surface area (TPSA) is 69.6 Å². The molecular formula is C26H39NO3. The Hall–Kier alpha value is -1.13. The smallest absolute Gasteiger partial charge is 0.303 e. The van der Waals surface area contributed by atoms with Crippen molar-refractivity contribution in [3.05, 3.63) is 23.3 Å². The second-order valence-electron chi connectivity index (χ2n) is 11.5. The van der Waals surface area contributed by atoms with Crippen molar-refractivity contribution in [2.45, 2.75) is 77.7 Å². The van der Waals surface area contributed by atoms with E-state index in [1.807, 2.05) is 0 Å². The molecule has 8 atom stereocenters. The van der Waals surface area contributed by atoms with Gasteiger partial charge in [-0.3, -0.25) is 4.79 Å². The molecule has 2 saturated carbocycles. The number of aliphatic carboxylic acids is 1. The average molecular weight is 414 g/mol. The molecule has 0 aromatic heterocycles. The molecule has 30 heavy (non-hydrogen) atoms. The van der Waals surface area contributed by atoms with Crippen LogP contribution >= 0.6 is 0 Å². The van der Waals surface area contributed by atoms with Gasteiger partial charge in [0.15, 0.2) is 0 Å². The van der Waals surface area contributed by atoms with Gasteiger partial charge in [-0.15, -0.1) is 0 Å². The molecule has 1 saturated heterocycles. The monoisotopic (exact) mass is 413 g/mol. The molecule has 0 aromatic rings. The molecule has 0 aromatic carbocycles. The van der Waals surface area contributed by atoms with E-state index in [9.17, 15) is 15.0 Å². The van der Waals surface area contributed by atoms with Crippen LogP contribution in [0.5, 0.6) is 0 Å². The second kappa shape index (κ2) is 7.48. The van der Waals surface area contributed by atoms with Gasteiger partial charge in [0.1, 0.15) is 0 Å². The summed E-state index contributed by atoms with van der Waals surface area (Å²) in [4.78, 5) is 11.2. The Bertz CT molecular complexity index is 766. The van der Waals surface area contributed by atoms with Gasteiger partial charge in [-0.1, -0.05) is 37.1 Å². The van der Waals surface area contributed by atoms with Gasteiger partial charge in [0.25, 0.3) is 0 Å². The van der Waals surface area contributed by atoms with Crippen LogP contribution in [-0.4, -0.2) is 35.4 Å². The third kappa shape index (κ3) is 3.12. The van der Waals surface area contributed by atoms with Crippen molar-refractivity contribution in [1.29, 1.82) is 0 Å². The van der Waals surface area contributed by atoms with E-state index in [1.54, 1.807) is 5.57 Å². The van der Waals surface area contributed by atoms with Crippen molar-refractivity contribution >= 4 is 5.97 Å². The number of allylic oxidation sites excluding steroid dienone is 2. The van der Waals surface area contributed by atoms with Crippen molar-refractivity contribution in [3.63, 3.8) is 0 Å². The summed E-state index contributed by atoms with van der Waals surface area (Å²) in [5.74, 6) is 1.66. The number of carboxylic acid groups (broad SMARTS) is 1. The van der Waals surface area contributed by atoms with E-state index in [0.29, 0.717) is 23.7 Å². The molecule has 3 fully saturated rings. The molecule has 0 radical (unpaired) electrons. The van der Waals surface area contributed by atoms with E-state index < -0.39 is 5.97 Å². The molecule has 4 heteroatoms. The molecule has 5 rings (SSSR count). The maximum atomic E-state index is 11.4. The summed E-state index contributed by atoms with van der Waals surface area (Å²) in [6, 6.07) is 0. The van der Waals surface area contributed by atoms with Gasteiger partial charge in [-0.25, -0.2) is 0 Å². The molecule has 4 aliphatic carbocycles. The Balaban J connectivity index is 1.41. The maximum Gasteiger partial charge on any atom is 0.303 e. The van der Waals surface area contributed by atoms with Crippen LogP contribution in [0, 0.1) is 40.4 Å². The van der Waals surface area contributed by atoms with Gasteiger partial charge in [-0.05, 0) is 98.3 Å². The fourth-order valence-corrected chi connectivity index (χ4v) is 8.50. The molecule has 1 unspecified atom stereocenters. The summed E-state index contributed by atoms with van der Waals surface area (Å²) in [5, 5.41) is 24.2. The number of carbonyl (C=O) groups is 1. The minimum Gasteiger partial charge on any atom is -0.481 e. The normalized spacial score (nSPS) is 48.1. The number of fused-ring (bicyclic) bond motifs is 5. The molecule has 166 valence electrons. The fraction of sp³-hybridized carbons (Fsp3) is 0.808. The van der Waals surface area contributed by atoms with Crippen LogP contribution < -0.4 is 5.32 Å². The first-order chi connectivity index (χ1) is 14.3. The van der Waals surface area contributed by atoms with Crippen LogP contribution in [0.15, 0.2) is 23.3 Å². The minimum atomic E-state index is -0.686. The Kier molecular flexibility index (Phi) is 5.17.